The first kappa shape index (κ1) is 14.6. The third-order valence-corrected chi connectivity index (χ3v) is 3.03. The molecule has 0 fully saturated rings. The minimum atomic E-state index is -1.07. The van der Waals surface area contributed by atoms with E-state index in [0.29, 0.717) is 12.0 Å². The van der Waals surface area contributed by atoms with Crippen molar-refractivity contribution in [3.8, 4) is 6.07 Å². The van der Waals surface area contributed by atoms with E-state index in [1.807, 2.05) is 6.07 Å². The third-order valence-electron chi connectivity index (χ3n) is 3.03. The van der Waals surface area contributed by atoms with Gasteiger partial charge in [0, 0.05) is 18.7 Å². The molecule has 1 atom stereocenters. The van der Waals surface area contributed by atoms with Crippen LogP contribution in [0.25, 0.3) is 0 Å². The number of carbonyl (C=O) groups is 1. The van der Waals surface area contributed by atoms with Crippen LogP contribution in [-0.4, -0.2) is 10.8 Å². The highest BCUT2D eigenvalue weighted by molar-refractivity contribution is 5.84. The van der Waals surface area contributed by atoms with Crippen molar-refractivity contribution in [1.82, 2.24) is 5.32 Å². The molecule has 0 saturated carbocycles. The molecule has 1 aromatic rings. The molecule has 1 unspecified atom stereocenters. The molecule has 6 nitrogen and oxygen atoms in total. The Labute approximate surface area is 111 Å². The molecule has 0 bridgehead atoms. The Balaban J connectivity index is 2.73. The predicted octanol–water partition coefficient (Wildman–Crippen LogP) is 2.15. The van der Waals surface area contributed by atoms with Gasteiger partial charge in [0.15, 0.2) is 0 Å². The summed E-state index contributed by atoms with van der Waals surface area (Å²) in [5.41, 5.74) is -0.468. The Hall–Kier alpha value is -2.42. The number of nitro groups is 1. The van der Waals surface area contributed by atoms with E-state index in [-0.39, 0.29) is 18.1 Å². The molecule has 0 saturated heterocycles. The molecular formula is C13H15N3O3. The molecule has 1 rings (SSSR count). The molecule has 0 radical (unpaired) electrons. The van der Waals surface area contributed by atoms with Crippen LogP contribution in [-0.2, 0) is 11.3 Å². The highest BCUT2D eigenvalue weighted by Gasteiger charge is 2.30. The van der Waals surface area contributed by atoms with Crippen LogP contribution in [0.15, 0.2) is 24.3 Å². The molecule has 0 heterocycles. The maximum Gasteiger partial charge on any atom is 0.269 e. The van der Waals surface area contributed by atoms with E-state index in [0.717, 1.165) is 0 Å². The van der Waals surface area contributed by atoms with Gasteiger partial charge in [-0.05, 0) is 18.9 Å². The second kappa shape index (κ2) is 5.96. The van der Waals surface area contributed by atoms with Gasteiger partial charge in [-0.3, -0.25) is 14.9 Å². The number of hydrogen-bond donors (Lipinski definition) is 1. The smallest absolute Gasteiger partial charge is 0.269 e. The van der Waals surface area contributed by atoms with Crippen LogP contribution in [0.1, 0.15) is 25.8 Å². The molecule has 1 amide bonds. The van der Waals surface area contributed by atoms with Crippen molar-refractivity contribution in [2.45, 2.75) is 26.8 Å². The third kappa shape index (κ3) is 3.52. The summed E-state index contributed by atoms with van der Waals surface area (Å²) in [5.74, 6) is -0.371. The number of nitrogens with zero attached hydrogens (tertiary/aromatic N) is 2. The number of non-ortho nitro benzene ring substituents is 1. The maximum absolute atomic E-state index is 11.9. The van der Waals surface area contributed by atoms with Crippen molar-refractivity contribution in [2.75, 3.05) is 0 Å². The Kier molecular flexibility index (Phi) is 4.59. The summed E-state index contributed by atoms with van der Waals surface area (Å²) in [5, 5.41) is 22.2. The van der Waals surface area contributed by atoms with E-state index in [1.165, 1.54) is 12.1 Å². The predicted molar refractivity (Wildman–Crippen MR) is 69.0 cm³/mol. The van der Waals surface area contributed by atoms with Crippen LogP contribution in [0.2, 0.25) is 0 Å². The number of rotatable bonds is 5. The van der Waals surface area contributed by atoms with E-state index in [1.54, 1.807) is 26.0 Å². The summed E-state index contributed by atoms with van der Waals surface area (Å²) in [6, 6.07) is 8.00. The fourth-order valence-electron chi connectivity index (χ4n) is 1.45. The van der Waals surface area contributed by atoms with Gasteiger partial charge in [0.25, 0.3) is 5.69 Å². The largest absolute Gasteiger partial charge is 0.351 e. The van der Waals surface area contributed by atoms with Crippen molar-refractivity contribution in [3.05, 3.63) is 39.9 Å². The molecule has 1 N–H and O–H groups in total. The van der Waals surface area contributed by atoms with Crippen molar-refractivity contribution in [3.63, 3.8) is 0 Å². The van der Waals surface area contributed by atoms with Crippen molar-refractivity contribution < 1.29 is 9.72 Å². The van der Waals surface area contributed by atoms with Gasteiger partial charge in [-0.15, -0.1) is 0 Å². The second-order valence-corrected chi connectivity index (χ2v) is 4.41. The molecule has 0 aliphatic carbocycles. The van der Waals surface area contributed by atoms with E-state index < -0.39 is 10.3 Å². The molecular weight excluding hydrogens is 246 g/mol. The van der Waals surface area contributed by atoms with E-state index in [4.69, 9.17) is 5.26 Å². The molecule has 1 aromatic carbocycles. The SMILES string of the molecule is CCC(C)(C#N)C(=O)NCc1cccc([N+](=O)[O-])c1. The number of benzene rings is 1. The lowest BCUT2D eigenvalue weighted by atomic mass is 9.88. The summed E-state index contributed by atoms with van der Waals surface area (Å²) in [7, 11) is 0. The number of nitriles is 1. The quantitative estimate of drug-likeness (QED) is 0.648. The van der Waals surface area contributed by atoms with Crippen LogP contribution >= 0.6 is 0 Å². The lowest BCUT2D eigenvalue weighted by molar-refractivity contribution is -0.384. The Morgan fingerprint density at radius 2 is 2.26 bits per heavy atom. The zero-order valence-electron chi connectivity index (χ0n) is 10.8. The second-order valence-electron chi connectivity index (χ2n) is 4.41. The van der Waals surface area contributed by atoms with Gasteiger partial charge < -0.3 is 5.32 Å². The van der Waals surface area contributed by atoms with Gasteiger partial charge in [-0.2, -0.15) is 5.26 Å². The van der Waals surface area contributed by atoms with Crippen molar-refractivity contribution in [1.29, 1.82) is 5.26 Å². The summed E-state index contributed by atoms with van der Waals surface area (Å²) in [6.07, 6.45) is 0.407. The van der Waals surface area contributed by atoms with Crippen LogP contribution < -0.4 is 5.32 Å². The highest BCUT2D eigenvalue weighted by atomic mass is 16.6. The molecule has 0 aromatic heterocycles. The van der Waals surface area contributed by atoms with Gasteiger partial charge in [0.1, 0.15) is 5.41 Å². The van der Waals surface area contributed by atoms with Crippen LogP contribution in [0.3, 0.4) is 0 Å². The average molecular weight is 261 g/mol. The van der Waals surface area contributed by atoms with Crippen LogP contribution in [0.5, 0.6) is 0 Å². The van der Waals surface area contributed by atoms with Gasteiger partial charge in [-0.25, -0.2) is 0 Å². The minimum Gasteiger partial charge on any atom is -0.351 e. The van der Waals surface area contributed by atoms with E-state index in [9.17, 15) is 14.9 Å². The van der Waals surface area contributed by atoms with Crippen molar-refractivity contribution >= 4 is 11.6 Å². The van der Waals surface area contributed by atoms with Gasteiger partial charge in [0.2, 0.25) is 5.91 Å². The Morgan fingerprint density at radius 1 is 1.58 bits per heavy atom. The van der Waals surface area contributed by atoms with Crippen LogP contribution in [0.4, 0.5) is 5.69 Å². The number of amides is 1. The maximum atomic E-state index is 11.9. The summed E-state index contributed by atoms with van der Waals surface area (Å²) >= 11 is 0. The molecule has 0 spiro atoms. The van der Waals surface area contributed by atoms with Gasteiger partial charge in [0.05, 0.1) is 11.0 Å². The fraction of sp³-hybridized carbons (Fsp3) is 0.385. The standard InChI is InChI=1S/C13H15N3O3/c1-3-13(2,9-14)12(17)15-8-10-5-4-6-11(7-10)16(18)19/h4-7H,3,8H2,1-2H3,(H,15,17). The lowest BCUT2D eigenvalue weighted by Crippen LogP contribution is -2.37. The van der Waals surface area contributed by atoms with Gasteiger partial charge in [-0.1, -0.05) is 19.1 Å². The zero-order valence-corrected chi connectivity index (χ0v) is 10.8. The monoisotopic (exact) mass is 261 g/mol. The highest BCUT2D eigenvalue weighted by Crippen LogP contribution is 2.20. The first-order valence-electron chi connectivity index (χ1n) is 5.86. The fourth-order valence-corrected chi connectivity index (χ4v) is 1.45. The average Bonchev–Trinajstić information content (AvgIpc) is 2.44. The number of nitro benzene ring substituents is 1. The first-order valence-corrected chi connectivity index (χ1v) is 5.86. The topological polar surface area (TPSA) is 96.0 Å². The normalized spacial score (nSPS) is 13.1. The van der Waals surface area contributed by atoms with Crippen molar-refractivity contribution in [2.24, 2.45) is 5.41 Å². The zero-order chi connectivity index (χ0) is 14.5. The Bertz CT molecular complexity index is 536. The lowest BCUT2D eigenvalue weighted by Gasteiger charge is -2.18. The Morgan fingerprint density at radius 3 is 2.79 bits per heavy atom. The number of nitrogens with one attached hydrogen (secondary N) is 1. The number of carbonyl (C=O) groups excluding carboxylic acids is 1. The van der Waals surface area contributed by atoms with E-state index >= 15 is 0 Å². The van der Waals surface area contributed by atoms with Gasteiger partial charge >= 0.3 is 0 Å². The number of hydrogen-bond acceptors (Lipinski definition) is 4. The molecule has 0 aliphatic rings. The molecule has 100 valence electrons. The summed E-state index contributed by atoms with van der Waals surface area (Å²) in [4.78, 5) is 22.0. The van der Waals surface area contributed by atoms with Crippen LogP contribution in [0, 0.1) is 26.9 Å². The van der Waals surface area contributed by atoms with E-state index in [2.05, 4.69) is 5.32 Å². The summed E-state index contributed by atoms with van der Waals surface area (Å²) in [6.45, 7) is 3.49. The minimum absolute atomic E-state index is 0.0229. The molecule has 0 aliphatic heterocycles. The molecule has 19 heavy (non-hydrogen) atoms. The first-order chi connectivity index (χ1) is 8.92. The summed E-state index contributed by atoms with van der Waals surface area (Å²) < 4.78 is 0. The molecule has 6 heteroatoms.